The summed E-state index contributed by atoms with van der Waals surface area (Å²) in [5, 5.41) is 3.13. The number of carbonyl (C=O) groups excluding carboxylic acids is 1. The number of hydrogen-bond acceptors (Lipinski definition) is 4. The molecule has 0 bridgehead atoms. The smallest absolute Gasteiger partial charge is 0.263 e. The van der Waals surface area contributed by atoms with Gasteiger partial charge in [0.15, 0.2) is 0 Å². The Labute approximate surface area is 137 Å². The van der Waals surface area contributed by atoms with Crippen LogP contribution in [0.2, 0.25) is 0 Å². The van der Waals surface area contributed by atoms with Crippen molar-refractivity contribution in [3.63, 3.8) is 0 Å². The van der Waals surface area contributed by atoms with Crippen LogP contribution in [-0.2, 0) is 0 Å². The summed E-state index contributed by atoms with van der Waals surface area (Å²) in [4.78, 5) is 20.1. The van der Waals surface area contributed by atoms with Gasteiger partial charge in [0.25, 0.3) is 5.91 Å². The highest BCUT2D eigenvalue weighted by molar-refractivity contribution is 7.18. The first-order valence-electron chi connectivity index (χ1n) is 7.49. The molecule has 3 heterocycles. The molecule has 0 radical (unpaired) electrons. The molecule has 0 aliphatic carbocycles. The minimum atomic E-state index is 0.167. The van der Waals surface area contributed by atoms with Gasteiger partial charge in [0.2, 0.25) is 0 Å². The van der Waals surface area contributed by atoms with Gasteiger partial charge in [0, 0.05) is 19.0 Å². The van der Waals surface area contributed by atoms with E-state index >= 15 is 0 Å². The predicted molar refractivity (Wildman–Crippen MR) is 91.8 cm³/mol. The fourth-order valence-corrected chi connectivity index (χ4v) is 4.77. The normalized spacial score (nSPS) is 18.7. The first-order chi connectivity index (χ1) is 10.8. The Morgan fingerprint density at radius 3 is 2.95 bits per heavy atom. The van der Waals surface area contributed by atoms with Crippen molar-refractivity contribution >= 4 is 38.8 Å². The average Bonchev–Trinajstić information content (AvgIpc) is 3.23. The third-order valence-corrected chi connectivity index (χ3v) is 6.16. The summed E-state index contributed by atoms with van der Waals surface area (Å²) in [5.41, 5.74) is 1.07. The van der Waals surface area contributed by atoms with Gasteiger partial charge < -0.3 is 4.90 Å². The van der Waals surface area contributed by atoms with Gasteiger partial charge in [0.05, 0.1) is 20.1 Å². The Morgan fingerprint density at radius 2 is 2.14 bits per heavy atom. The predicted octanol–water partition coefficient (Wildman–Crippen LogP) is 4.38. The van der Waals surface area contributed by atoms with Crippen molar-refractivity contribution in [2.75, 3.05) is 13.1 Å². The zero-order valence-corrected chi connectivity index (χ0v) is 13.7. The van der Waals surface area contributed by atoms with Gasteiger partial charge in [-0.2, -0.15) is 0 Å². The summed E-state index contributed by atoms with van der Waals surface area (Å²) in [7, 11) is 0. The molecule has 1 aromatic carbocycles. The third-order valence-electron chi connectivity index (χ3n) is 4.10. The lowest BCUT2D eigenvalue weighted by Gasteiger charge is -2.31. The summed E-state index contributed by atoms with van der Waals surface area (Å²) in [6.07, 6.45) is 2.17. The van der Waals surface area contributed by atoms with Gasteiger partial charge in [-0.25, -0.2) is 4.98 Å². The fourth-order valence-electron chi connectivity index (χ4n) is 2.98. The number of benzene rings is 1. The number of likely N-dealkylation sites (tertiary alicyclic amines) is 1. The maximum absolute atomic E-state index is 12.5. The molecule has 1 saturated heterocycles. The Morgan fingerprint density at radius 1 is 1.23 bits per heavy atom. The SMILES string of the molecule is O=C(c1cccs1)N1CCC[C@H](c2nc3ccccc3s2)C1. The van der Waals surface area contributed by atoms with Crippen LogP contribution in [0.25, 0.3) is 10.2 Å². The molecular weight excluding hydrogens is 312 g/mol. The molecule has 2 aromatic heterocycles. The first-order valence-corrected chi connectivity index (χ1v) is 9.19. The van der Waals surface area contributed by atoms with Crippen LogP contribution in [0.3, 0.4) is 0 Å². The van der Waals surface area contributed by atoms with Crippen LogP contribution < -0.4 is 0 Å². The van der Waals surface area contributed by atoms with E-state index in [0.29, 0.717) is 5.92 Å². The lowest BCUT2D eigenvalue weighted by Crippen LogP contribution is -2.38. The van der Waals surface area contributed by atoms with E-state index in [1.54, 1.807) is 11.3 Å². The zero-order chi connectivity index (χ0) is 14.9. The molecule has 1 aliphatic rings. The van der Waals surface area contributed by atoms with Gasteiger partial charge >= 0.3 is 0 Å². The zero-order valence-electron chi connectivity index (χ0n) is 12.1. The number of para-hydroxylation sites is 1. The summed E-state index contributed by atoms with van der Waals surface area (Å²) >= 11 is 3.29. The van der Waals surface area contributed by atoms with Crippen molar-refractivity contribution in [3.05, 3.63) is 51.7 Å². The van der Waals surface area contributed by atoms with E-state index in [4.69, 9.17) is 4.98 Å². The monoisotopic (exact) mass is 328 g/mol. The van der Waals surface area contributed by atoms with Gasteiger partial charge in [0.1, 0.15) is 0 Å². The molecule has 1 amide bonds. The van der Waals surface area contributed by atoms with Gasteiger partial charge in [-0.05, 0) is 36.4 Å². The quantitative estimate of drug-likeness (QED) is 0.699. The molecule has 0 saturated carbocycles. The van der Waals surface area contributed by atoms with E-state index in [-0.39, 0.29) is 5.91 Å². The average molecular weight is 328 g/mol. The number of fused-ring (bicyclic) bond motifs is 1. The van der Waals surface area contributed by atoms with Crippen molar-refractivity contribution in [3.8, 4) is 0 Å². The molecule has 22 heavy (non-hydrogen) atoms. The Bertz CT molecular complexity index is 761. The van der Waals surface area contributed by atoms with Crippen molar-refractivity contribution in [2.45, 2.75) is 18.8 Å². The minimum Gasteiger partial charge on any atom is -0.337 e. The number of hydrogen-bond donors (Lipinski definition) is 0. The van der Waals surface area contributed by atoms with Crippen molar-refractivity contribution < 1.29 is 4.79 Å². The van der Waals surface area contributed by atoms with E-state index < -0.39 is 0 Å². The number of carbonyl (C=O) groups is 1. The van der Waals surface area contributed by atoms with Gasteiger partial charge in [-0.3, -0.25) is 4.79 Å². The summed E-state index contributed by atoms with van der Waals surface area (Å²) in [6, 6.07) is 12.1. The summed E-state index contributed by atoms with van der Waals surface area (Å²) < 4.78 is 1.24. The lowest BCUT2D eigenvalue weighted by molar-refractivity contribution is 0.0712. The fraction of sp³-hybridized carbons (Fsp3) is 0.294. The molecule has 3 nitrogen and oxygen atoms in total. The largest absolute Gasteiger partial charge is 0.337 e. The standard InChI is InChI=1S/C17H16N2OS2/c20-17(15-8-4-10-21-15)19-9-3-5-12(11-19)16-18-13-6-1-2-7-14(13)22-16/h1-2,4,6-8,10,12H,3,5,9,11H2/t12-/m0/s1. The highest BCUT2D eigenvalue weighted by atomic mass is 32.1. The maximum Gasteiger partial charge on any atom is 0.263 e. The van der Waals surface area contributed by atoms with Crippen LogP contribution in [0.4, 0.5) is 0 Å². The Kier molecular flexibility index (Phi) is 3.68. The molecule has 1 fully saturated rings. The van der Waals surface area contributed by atoms with Crippen LogP contribution in [0, 0.1) is 0 Å². The van der Waals surface area contributed by atoms with E-state index in [0.717, 1.165) is 36.3 Å². The number of aromatic nitrogens is 1. The molecule has 1 aliphatic heterocycles. The molecule has 3 aromatic rings. The molecule has 4 rings (SSSR count). The third kappa shape index (κ3) is 2.55. The van der Waals surface area contributed by atoms with Gasteiger partial charge in [-0.15, -0.1) is 22.7 Å². The second-order valence-corrected chi connectivity index (χ2v) is 7.60. The molecular formula is C17H16N2OS2. The van der Waals surface area contributed by atoms with Crippen LogP contribution in [0.5, 0.6) is 0 Å². The van der Waals surface area contributed by atoms with Crippen LogP contribution >= 0.6 is 22.7 Å². The highest BCUT2D eigenvalue weighted by Crippen LogP contribution is 2.33. The molecule has 1 atom stereocenters. The summed E-state index contributed by atoms with van der Waals surface area (Å²) in [6.45, 7) is 1.65. The minimum absolute atomic E-state index is 0.167. The Balaban J connectivity index is 1.56. The molecule has 5 heteroatoms. The Hall–Kier alpha value is -1.72. The maximum atomic E-state index is 12.5. The first kappa shape index (κ1) is 13.9. The van der Waals surface area contributed by atoms with Crippen LogP contribution in [0.15, 0.2) is 41.8 Å². The van der Waals surface area contributed by atoms with E-state index in [2.05, 4.69) is 18.2 Å². The molecule has 0 unspecified atom stereocenters. The molecule has 0 N–H and O–H groups in total. The second kappa shape index (κ2) is 5.82. The van der Waals surface area contributed by atoms with Crippen LogP contribution in [-0.4, -0.2) is 28.9 Å². The summed E-state index contributed by atoms with van der Waals surface area (Å²) in [5.74, 6) is 0.538. The van der Waals surface area contributed by atoms with Gasteiger partial charge in [-0.1, -0.05) is 18.2 Å². The van der Waals surface area contributed by atoms with E-state index in [1.165, 1.54) is 21.0 Å². The number of thiophene rings is 1. The van der Waals surface area contributed by atoms with Crippen molar-refractivity contribution in [2.24, 2.45) is 0 Å². The molecule has 0 spiro atoms. The molecule has 112 valence electrons. The number of thiazole rings is 1. The van der Waals surface area contributed by atoms with Crippen molar-refractivity contribution in [1.29, 1.82) is 0 Å². The van der Waals surface area contributed by atoms with Crippen LogP contribution in [0.1, 0.15) is 33.4 Å². The lowest BCUT2D eigenvalue weighted by atomic mass is 9.98. The van der Waals surface area contributed by atoms with E-state index in [9.17, 15) is 4.79 Å². The number of amides is 1. The highest BCUT2D eigenvalue weighted by Gasteiger charge is 2.27. The van der Waals surface area contributed by atoms with Crippen molar-refractivity contribution in [1.82, 2.24) is 9.88 Å². The number of nitrogens with zero attached hydrogens (tertiary/aromatic N) is 2. The topological polar surface area (TPSA) is 33.2 Å². The second-order valence-electron chi connectivity index (χ2n) is 5.59. The number of rotatable bonds is 2. The van der Waals surface area contributed by atoms with E-state index in [1.807, 2.05) is 28.5 Å². The number of piperidine rings is 1.